The van der Waals surface area contributed by atoms with E-state index in [1.807, 2.05) is 0 Å². The van der Waals surface area contributed by atoms with Crippen LogP contribution in [0, 0.1) is 0 Å². The molecule has 0 aromatic heterocycles. The Labute approximate surface area is 125 Å². The summed E-state index contributed by atoms with van der Waals surface area (Å²) in [5, 5.41) is 0. The van der Waals surface area contributed by atoms with Crippen LogP contribution in [0.1, 0.15) is 12.8 Å². The normalized spacial score (nSPS) is 12.0. The molecular formula is C15H35N3O2. The molecule has 0 amide bonds. The van der Waals surface area contributed by atoms with Crippen LogP contribution in [0.4, 0.5) is 0 Å². The van der Waals surface area contributed by atoms with Gasteiger partial charge in [-0.25, -0.2) is 0 Å². The molecule has 122 valence electrons. The average molecular weight is 289 g/mol. The minimum absolute atomic E-state index is 0.830. The van der Waals surface area contributed by atoms with Crippen LogP contribution in [0.25, 0.3) is 0 Å². The lowest BCUT2D eigenvalue weighted by Crippen LogP contribution is -2.24. The maximum Gasteiger partial charge on any atom is 0.0593 e. The van der Waals surface area contributed by atoms with Gasteiger partial charge in [-0.2, -0.15) is 0 Å². The summed E-state index contributed by atoms with van der Waals surface area (Å²) in [5.74, 6) is 0. The van der Waals surface area contributed by atoms with Crippen LogP contribution in [0.5, 0.6) is 0 Å². The van der Waals surface area contributed by atoms with Crippen molar-refractivity contribution in [1.29, 1.82) is 0 Å². The van der Waals surface area contributed by atoms with Crippen LogP contribution >= 0.6 is 0 Å². The number of hydrogen-bond acceptors (Lipinski definition) is 5. The van der Waals surface area contributed by atoms with Gasteiger partial charge in [-0.1, -0.05) is 0 Å². The largest absolute Gasteiger partial charge is 0.380 e. The summed E-state index contributed by atoms with van der Waals surface area (Å²) in [5.41, 5.74) is 0. The summed E-state index contributed by atoms with van der Waals surface area (Å²) in [4.78, 5) is 6.63. The standard InChI is InChI=1S/C15H35N3O2/c1-16(2)10-14-19-12-6-8-18(5)9-7-13-20-15-11-17(3)4/h6-15H2,1-5H3. The molecule has 0 N–H and O–H groups in total. The summed E-state index contributed by atoms with van der Waals surface area (Å²) in [7, 11) is 10.4. The molecular weight excluding hydrogens is 254 g/mol. The lowest BCUT2D eigenvalue weighted by molar-refractivity contribution is 0.1000. The molecule has 0 bridgehead atoms. The number of rotatable bonds is 14. The molecule has 0 saturated heterocycles. The molecule has 0 heterocycles. The molecule has 5 heteroatoms. The second-order valence-electron chi connectivity index (χ2n) is 5.84. The Bertz CT molecular complexity index is 182. The van der Waals surface area contributed by atoms with Crippen molar-refractivity contribution in [3.05, 3.63) is 0 Å². The molecule has 0 aliphatic heterocycles. The van der Waals surface area contributed by atoms with E-state index in [0.717, 1.165) is 65.4 Å². The predicted molar refractivity (Wildman–Crippen MR) is 85.5 cm³/mol. The van der Waals surface area contributed by atoms with E-state index >= 15 is 0 Å². The first-order valence-corrected chi connectivity index (χ1v) is 7.66. The van der Waals surface area contributed by atoms with Crippen LogP contribution < -0.4 is 0 Å². The van der Waals surface area contributed by atoms with Crippen molar-refractivity contribution in [3.8, 4) is 0 Å². The van der Waals surface area contributed by atoms with E-state index in [9.17, 15) is 0 Å². The Morgan fingerprint density at radius 1 is 0.550 bits per heavy atom. The molecule has 0 unspecified atom stereocenters. The second-order valence-corrected chi connectivity index (χ2v) is 5.84. The summed E-state index contributed by atoms with van der Waals surface area (Å²) in [6.45, 7) is 7.57. The number of nitrogens with zero attached hydrogens (tertiary/aromatic N) is 3. The fraction of sp³-hybridized carbons (Fsp3) is 1.00. The average Bonchev–Trinajstić information content (AvgIpc) is 2.37. The maximum absolute atomic E-state index is 5.58. The van der Waals surface area contributed by atoms with Crippen molar-refractivity contribution in [1.82, 2.24) is 14.7 Å². The number of likely N-dealkylation sites (N-methyl/N-ethyl adjacent to an activating group) is 2. The Hall–Kier alpha value is -0.200. The third-order valence-electron chi connectivity index (χ3n) is 3.02. The monoisotopic (exact) mass is 289 g/mol. The highest BCUT2D eigenvalue weighted by Crippen LogP contribution is 1.93. The highest BCUT2D eigenvalue weighted by atomic mass is 16.5. The molecule has 0 radical (unpaired) electrons. The molecule has 0 spiro atoms. The molecule has 0 saturated carbocycles. The Morgan fingerprint density at radius 3 is 1.30 bits per heavy atom. The van der Waals surface area contributed by atoms with Crippen LogP contribution in [0.3, 0.4) is 0 Å². The van der Waals surface area contributed by atoms with Crippen molar-refractivity contribution in [2.24, 2.45) is 0 Å². The zero-order valence-electron chi connectivity index (χ0n) is 14.2. The summed E-state index contributed by atoms with van der Waals surface area (Å²) >= 11 is 0. The van der Waals surface area contributed by atoms with Crippen LogP contribution in [-0.2, 0) is 9.47 Å². The zero-order valence-corrected chi connectivity index (χ0v) is 14.2. The topological polar surface area (TPSA) is 28.2 Å². The maximum atomic E-state index is 5.58. The highest BCUT2D eigenvalue weighted by molar-refractivity contribution is 4.52. The van der Waals surface area contributed by atoms with Gasteiger partial charge in [0.25, 0.3) is 0 Å². The Balaban J connectivity index is 3.18. The number of hydrogen-bond donors (Lipinski definition) is 0. The Kier molecular flexibility index (Phi) is 13.6. The van der Waals surface area contributed by atoms with E-state index in [2.05, 4.69) is 49.9 Å². The minimum atomic E-state index is 0.830. The first-order valence-electron chi connectivity index (χ1n) is 7.66. The first kappa shape index (κ1) is 19.8. The van der Waals surface area contributed by atoms with E-state index < -0.39 is 0 Å². The SMILES string of the molecule is CN(C)CCOCCCN(C)CCCOCCN(C)C. The van der Waals surface area contributed by atoms with Gasteiger partial charge < -0.3 is 24.2 Å². The van der Waals surface area contributed by atoms with E-state index in [1.165, 1.54) is 0 Å². The van der Waals surface area contributed by atoms with Crippen molar-refractivity contribution >= 4 is 0 Å². The number of ether oxygens (including phenoxy) is 2. The van der Waals surface area contributed by atoms with E-state index in [-0.39, 0.29) is 0 Å². The molecule has 0 aliphatic rings. The lowest BCUT2D eigenvalue weighted by atomic mass is 10.3. The van der Waals surface area contributed by atoms with E-state index in [1.54, 1.807) is 0 Å². The van der Waals surface area contributed by atoms with Gasteiger partial charge in [0.05, 0.1) is 13.2 Å². The van der Waals surface area contributed by atoms with Gasteiger partial charge in [0.1, 0.15) is 0 Å². The third-order valence-corrected chi connectivity index (χ3v) is 3.02. The van der Waals surface area contributed by atoms with Gasteiger partial charge in [-0.3, -0.25) is 0 Å². The molecule has 5 nitrogen and oxygen atoms in total. The lowest BCUT2D eigenvalue weighted by Gasteiger charge is -2.17. The summed E-state index contributed by atoms with van der Waals surface area (Å²) in [6.07, 6.45) is 2.21. The molecule has 0 aliphatic carbocycles. The van der Waals surface area contributed by atoms with Gasteiger partial charge in [0, 0.05) is 39.4 Å². The predicted octanol–water partition coefficient (Wildman–Crippen LogP) is 0.855. The van der Waals surface area contributed by atoms with Crippen molar-refractivity contribution < 1.29 is 9.47 Å². The van der Waals surface area contributed by atoms with E-state index in [4.69, 9.17) is 9.47 Å². The molecule has 20 heavy (non-hydrogen) atoms. The van der Waals surface area contributed by atoms with Crippen LogP contribution in [0.2, 0.25) is 0 Å². The first-order chi connectivity index (χ1) is 9.52. The fourth-order valence-corrected chi connectivity index (χ4v) is 1.68. The smallest absolute Gasteiger partial charge is 0.0593 e. The minimum Gasteiger partial charge on any atom is -0.380 e. The molecule has 0 atom stereocenters. The molecule has 0 aromatic carbocycles. The van der Waals surface area contributed by atoms with Gasteiger partial charge in [0.15, 0.2) is 0 Å². The van der Waals surface area contributed by atoms with Gasteiger partial charge in [-0.15, -0.1) is 0 Å². The van der Waals surface area contributed by atoms with Gasteiger partial charge >= 0.3 is 0 Å². The van der Waals surface area contributed by atoms with Crippen LogP contribution in [0.15, 0.2) is 0 Å². The van der Waals surface area contributed by atoms with Crippen LogP contribution in [-0.4, -0.2) is 103 Å². The molecule has 0 rings (SSSR count). The third kappa shape index (κ3) is 15.9. The molecule has 0 fully saturated rings. The van der Waals surface area contributed by atoms with Crippen molar-refractivity contribution in [3.63, 3.8) is 0 Å². The van der Waals surface area contributed by atoms with Crippen molar-refractivity contribution in [2.45, 2.75) is 12.8 Å². The fourth-order valence-electron chi connectivity index (χ4n) is 1.68. The second kappa shape index (κ2) is 13.8. The van der Waals surface area contributed by atoms with Gasteiger partial charge in [-0.05, 0) is 48.1 Å². The molecule has 0 aromatic rings. The Morgan fingerprint density at radius 2 is 0.950 bits per heavy atom. The van der Waals surface area contributed by atoms with E-state index in [0.29, 0.717) is 0 Å². The highest BCUT2D eigenvalue weighted by Gasteiger charge is 1.99. The summed E-state index contributed by atoms with van der Waals surface area (Å²) in [6, 6.07) is 0. The quantitative estimate of drug-likeness (QED) is 0.442. The zero-order chi connectivity index (χ0) is 15.2. The van der Waals surface area contributed by atoms with Crippen molar-refractivity contribution in [2.75, 3.05) is 87.8 Å². The van der Waals surface area contributed by atoms with Gasteiger partial charge in [0.2, 0.25) is 0 Å². The summed E-state index contributed by atoms with van der Waals surface area (Å²) < 4.78 is 11.2.